The van der Waals surface area contributed by atoms with Gasteiger partial charge in [-0.2, -0.15) is 0 Å². The van der Waals surface area contributed by atoms with Crippen molar-refractivity contribution in [2.24, 2.45) is 11.7 Å². The van der Waals surface area contributed by atoms with Crippen LogP contribution in [0.25, 0.3) is 0 Å². The van der Waals surface area contributed by atoms with Crippen molar-refractivity contribution in [1.29, 1.82) is 0 Å². The molecule has 1 unspecified atom stereocenters. The van der Waals surface area contributed by atoms with Gasteiger partial charge in [-0.15, -0.1) is 0 Å². The SMILES string of the molecule is CC(=O)Nc1ccc(NC(=O)CCC(C)CN)cc1Cl. The Kier molecular flexibility index (Phi) is 6.48. The van der Waals surface area contributed by atoms with E-state index in [9.17, 15) is 9.59 Å². The first-order valence-corrected chi connectivity index (χ1v) is 6.87. The lowest BCUT2D eigenvalue weighted by Crippen LogP contribution is -2.16. The number of carbonyl (C=O) groups excluding carboxylic acids is 2. The fourth-order valence-electron chi connectivity index (χ4n) is 1.60. The zero-order valence-corrected chi connectivity index (χ0v) is 12.5. The van der Waals surface area contributed by atoms with Crippen molar-refractivity contribution in [3.63, 3.8) is 0 Å². The van der Waals surface area contributed by atoms with E-state index in [-0.39, 0.29) is 11.8 Å². The second-order valence-corrected chi connectivity index (χ2v) is 5.21. The minimum absolute atomic E-state index is 0.0753. The molecule has 0 fully saturated rings. The Morgan fingerprint density at radius 2 is 2.05 bits per heavy atom. The van der Waals surface area contributed by atoms with Gasteiger partial charge in [-0.3, -0.25) is 9.59 Å². The maximum absolute atomic E-state index is 11.7. The number of rotatable bonds is 6. The average molecular weight is 298 g/mol. The van der Waals surface area contributed by atoms with E-state index >= 15 is 0 Å². The summed E-state index contributed by atoms with van der Waals surface area (Å²) in [5.74, 6) is 0.0552. The van der Waals surface area contributed by atoms with Gasteiger partial charge in [0.25, 0.3) is 0 Å². The number of nitrogens with two attached hydrogens (primary N) is 1. The fourth-order valence-corrected chi connectivity index (χ4v) is 1.83. The Morgan fingerprint density at radius 3 is 2.60 bits per heavy atom. The summed E-state index contributed by atoms with van der Waals surface area (Å²) >= 11 is 6.02. The molecule has 0 aromatic heterocycles. The second-order valence-electron chi connectivity index (χ2n) is 4.80. The number of nitrogens with one attached hydrogen (secondary N) is 2. The normalized spacial score (nSPS) is 11.8. The average Bonchev–Trinajstić information content (AvgIpc) is 2.38. The number of halogens is 1. The lowest BCUT2D eigenvalue weighted by Gasteiger charge is -2.10. The predicted octanol–water partition coefficient (Wildman–Crippen LogP) is 2.61. The summed E-state index contributed by atoms with van der Waals surface area (Å²) in [6, 6.07) is 4.96. The highest BCUT2D eigenvalue weighted by molar-refractivity contribution is 6.34. The van der Waals surface area contributed by atoms with Crippen molar-refractivity contribution in [2.75, 3.05) is 17.2 Å². The molecule has 1 aromatic carbocycles. The zero-order valence-electron chi connectivity index (χ0n) is 11.7. The van der Waals surface area contributed by atoms with E-state index in [0.717, 1.165) is 6.42 Å². The molecule has 1 aromatic rings. The van der Waals surface area contributed by atoms with E-state index < -0.39 is 0 Å². The standard InChI is InChI=1S/C14H20ClN3O2/c1-9(8-16)3-6-14(20)18-11-4-5-13(12(15)7-11)17-10(2)19/h4-5,7,9H,3,6,8,16H2,1-2H3,(H,17,19)(H,18,20). The predicted molar refractivity (Wildman–Crippen MR) is 81.8 cm³/mol. The smallest absolute Gasteiger partial charge is 0.224 e. The van der Waals surface area contributed by atoms with Crippen molar-refractivity contribution in [3.8, 4) is 0 Å². The van der Waals surface area contributed by atoms with Crippen LogP contribution in [0.3, 0.4) is 0 Å². The monoisotopic (exact) mass is 297 g/mol. The van der Waals surface area contributed by atoms with Crippen LogP contribution in [0, 0.1) is 5.92 Å². The van der Waals surface area contributed by atoms with Crippen molar-refractivity contribution in [2.45, 2.75) is 26.7 Å². The highest BCUT2D eigenvalue weighted by atomic mass is 35.5. The molecule has 6 heteroatoms. The molecule has 0 saturated carbocycles. The number of anilines is 2. The summed E-state index contributed by atoms with van der Waals surface area (Å²) in [4.78, 5) is 22.7. The molecule has 0 bridgehead atoms. The number of amides is 2. The number of hydrogen-bond donors (Lipinski definition) is 3. The molecule has 5 nitrogen and oxygen atoms in total. The summed E-state index contributed by atoms with van der Waals surface area (Å²) in [6.07, 6.45) is 1.17. The van der Waals surface area contributed by atoms with Crippen LogP contribution < -0.4 is 16.4 Å². The van der Waals surface area contributed by atoms with Crippen molar-refractivity contribution in [3.05, 3.63) is 23.2 Å². The number of hydrogen-bond acceptors (Lipinski definition) is 3. The van der Waals surface area contributed by atoms with Gasteiger partial charge in [0.1, 0.15) is 0 Å². The Morgan fingerprint density at radius 1 is 1.35 bits per heavy atom. The van der Waals surface area contributed by atoms with Gasteiger partial charge in [-0.25, -0.2) is 0 Å². The van der Waals surface area contributed by atoms with Crippen LogP contribution in [-0.4, -0.2) is 18.4 Å². The first-order chi connectivity index (χ1) is 9.42. The van der Waals surface area contributed by atoms with Crippen molar-refractivity contribution in [1.82, 2.24) is 0 Å². The molecule has 20 heavy (non-hydrogen) atoms. The topological polar surface area (TPSA) is 84.2 Å². The van der Waals surface area contributed by atoms with Gasteiger partial charge in [0, 0.05) is 19.0 Å². The van der Waals surface area contributed by atoms with Crippen LogP contribution in [0.1, 0.15) is 26.7 Å². The molecule has 2 amide bonds. The molecule has 1 atom stereocenters. The summed E-state index contributed by atoms with van der Waals surface area (Å²) in [5, 5.41) is 5.75. The van der Waals surface area contributed by atoms with Gasteiger partial charge < -0.3 is 16.4 Å². The molecule has 0 aliphatic carbocycles. The number of carbonyl (C=O) groups is 2. The fraction of sp³-hybridized carbons (Fsp3) is 0.429. The molecular weight excluding hydrogens is 278 g/mol. The van der Waals surface area contributed by atoms with Gasteiger partial charge in [0.2, 0.25) is 11.8 Å². The van der Waals surface area contributed by atoms with Gasteiger partial charge in [-0.1, -0.05) is 18.5 Å². The van der Waals surface area contributed by atoms with Crippen LogP contribution >= 0.6 is 11.6 Å². The lowest BCUT2D eigenvalue weighted by molar-refractivity contribution is -0.116. The minimum atomic E-state index is -0.195. The second kappa shape index (κ2) is 7.87. The number of benzene rings is 1. The molecule has 0 spiro atoms. The van der Waals surface area contributed by atoms with E-state index in [1.54, 1.807) is 18.2 Å². The first-order valence-electron chi connectivity index (χ1n) is 6.49. The van der Waals surface area contributed by atoms with Crippen LogP contribution in [-0.2, 0) is 9.59 Å². The third-order valence-electron chi connectivity index (χ3n) is 2.83. The molecule has 0 saturated heterocycles. The zero-order chi connectivity index (χ0) is 15.1. The minimum Gasteiger partial charge on any atom is -0.330 e. The van der Waals surface area contributed by atoms with E-state index in [1.807, 2.05) is 6.92 Å². The lowest BCUT2D eigenvalue weighted by atomic mass is 10.1. The maximum Gasteiger partial charge on any atom is 0.224 e. The quantitative estimate of drug-likeness (QED) is 0.754. The molecule has 1 rings (SSSR count). The summed E-state index contributed by atoms with van der Waals surface area (Å²) in [5.41, 5.74) is 6.63. The van der Waals surface area contributed by atoms with Gasteiger partial charge in [0.05, 0.1) is 10.7 Å². The highest BCUT2D eigenvalue weighted by Crippen LogP contribution is 2.25. The molecular formula is C14H20ClN3O2. The first kappa shape index (κ1) is 16.5. The summed E-state index contributed by atoms with van der Waals surface area (Å²) in [6.45, 7) is 3.99. The molecule has 0 radical (unpaired) electrons. The van der Waals surface area contributed by atoms with E-state index in [4.69, 9.17) is 17.3 Å². The van der Waals surface area contributed by atoms with E-state index in [0.29, 0.717) is 35.3 Å². The Bertz CT molecular complexity index is 491. The van der Waals surface area contributed by atoms with E-state index in [2.05, 4.69) is 10.6 Å². The van der Waals surface area contributed by atoms with Crippen molar-refractivity contribution < 1.29 is 9.59 Å². The third-order valence-corrected chi connectivity index (χ3v) is 3.14. The molecule has 0 aliphatic heterocycles. The maximum atomic E-state index is 11.7. The van der Waals surface area contributed by atoms with Crippen LogP contribution in [0.4, 0.5) is 11.4 Å². The van der Waals surface area contributed by atoms with Gasteiger partial charge >= 0.3 is 0 Å². The molecule has 0 aliphatic rings. The third kappa shape index (κ3) is 5.59. The summed E-state index contributed by atoms with van der Waals surface area (Å²) in [7, 11) is 0. The van der Waals surface area contributed by atoms with Crippen LogP contribution in [0.15, 0.2) is 18.2 Å². The molecule has 4 N–H and O–H groups in total. The Balaban J connectivity index is 2.58. The Labute approximate surface area is 123 Å². The van der Waals surface area contributed by atoms with Crippen LogP contribution in [0.5, 0.6) is 0 Å². The van der Waals surface area contributed by atoms with Gasteiger partial charge in [-0.05, 0) is 37.1 Å². The van der Waals surface area contributed by atoms with E-state index in [1.165, 1.54) is 6.92 Å². The van der Waals surface area contributed by atoms with Crippen LogP contribution in [0.2, 0.25) is 5.02 Å². The highest BCUT2D eigenvalue weighted by Gasteiger charge is 2.08. The summed E-state index contributed by atoms with van der Waals surface area (Å²) < 4.78 is 0. The molecule has 110 valence electrons. The molecule has 0 heterocycles. The largest absolute Gasteiger partial charge is 0.330 e. The van der Waals surface area contributed by atoms with Crippen molar-refractivity contribution >= 4 is 34.8 Å². The Hall–Kier alpha value is -1.59. The van der Waals surface area contributed by atoms with Gasteiger partial charge in [0.15, 0.2) is 0 Å².